The molecular formula is C21H28N8O2S2. The molecule has 176 valence electrons. The van der Waals surface area contributed by atoms with E-state index in [1.165, 1.54) is 59.9 Å². The number of tetrazole rings is 1. The Morgan fingerprint density at radius 2 is 1.76 bits per heavy atom. The largest absolute Gasteiger partial charge is 0.325 e. The van der Waals surface area contributed by atoms with Crippen LogP contribution in [0.1, 0.15) is 60.8 Å². The zero-order valence-electron chi connectivity index (χ0n) is 18.8. The van der Waals surface area contributed by atoms with Crippen molar-refractivity contribution in [3.05, 3.63) is 34.8 Å². The number of hydrogen-bond donors (Lipinski definition) is 2. The molecule has 2 aromatic heterocycles. The molecule has 0 spiro atoms. The van der Waals surface area contributed by atoms with Gasteiger partial charge in [-0.2, -0.15) is 0 Å². The molecule has 2 heterocycles. The summed E-state index contributed by atoms with van der Waals surface area (Å²) in [7, 11) is 1.71. The van der Waals surface area contributed by atoms with Gasteiger partial charge in [0.2, 0.25) is 16.2 Å². The Labute approximate surface area is 201 Å². The SMILES string of the molecule is CCCCCCCCc1nnc(NC(=O)c2ccc(NC(=O)CSc3nnnn3C)cc2)s1. The first-order valence-corrected chi connectivity index (χ1v) is 12.7. The quantitative estimate of drug-likeness (QED) is 0.273. The van der Waals surface area contributed by atoms with Gasteiger partial charge in [-0.25, -0.2) is 4.68 Å². The third kappa shape index (κ3) is 8.21. The number of aromatic nitrogens is 6. The number of benzene rings is 1. The number of amides is 2. The van der Waals surface area contributed by atoms with Crippen molar-refractivity contribution in [3.8, 4) is 0 Å². The number of carbonyl (C=O) groups excluding carboxylic acids is 2. The molecule has 0 unspecified atom stereocenters. The topological polar surface area (TPSA) is 128 Å². The number of nitrogens with one attached hydrogen (secondary N) is 2. The summed E-state index contributed by atoms with van der Waals surface area (Å²) in [5.41, 5.74) is 1.07. The molecule has 0 saturated heterocycles. The molecule has 12 heteroatoms. The second-order valence-electron chi connectivity index (χ2n) is 7.47. The van der Waals surface area contributed by atoms with Gasteiger partial charge in [0.05, 0.1) is 5.75 Å². The van der Waals surface area contributed by atoms with Gasteiger partial charge in [-0.3, -0.25) is 14.9 Å². The average Bonchev–Trinajstić information content (AvgIpc) is 3.43. The van der Waals surface area contributed by atoms with Gasteiger partial charge in [-0.05, 0) is 41.1 Å². The van der Waals surface area contributed by atoms with Gasteiger partial charge in [-0.15, -0.1) is 15.3 Å². The summed E-state index contributed by atoms with van der Waals surface area (Å²) >= 11 is 2.65. The molecule has 2 N–H and O–H groups in total. The van der Waals surface area contributed by atoms with Crippen LogP contribution in [0.2, 0.25) is 0 Å². The molecule has 0 aliphatic carbocycles. The van der Waals surface area contributed by atoms with E-state index in [1.54, 1.807) is 31.3 Å². The van der Waals surface area contributed by atoms with E-state index >= 15 is 0 Å². The molecule has 10 nitrogen and oxygen atoms in total. The highest BCUT2D eigenvalue weighted by atomic mass is 32.2. The summed E-state index contributed by atoms with van der Waals surface area (Å²) in [6.07, 6.45) is 8.26. The normalized spacial score (nSPS) is 10.8. The van der Waals surface area contributed by atoms with Crippen LogP contribution in [0.3, 0.4) is 0 Å². The van der Waals surface area contributed by atoms with Crippen molar-refractivity contribution < 1.29 is 9.59 Å². The molecule has 0 aliphatic heterocycles. The number of nitrogens with zero attached hydrogens (tertiary/aromatic N) is 6. The van der Waals surface area contributed by atoms with Crippen LogP contribution in [-0.2, 0) is 18.3 Å². The molecule has 0 saturated carbocycles. The first-order valence-electron chi connectivity index (χ1n) is 10.9. The smallest absolute Gasteiger partial charge is 0.257 e. The van der Waals surface area contributed by atoms with Crippen LogP contribution in [-0.4, -0.2) is 48.0 Å². The van der Waals surface area contributed by atoms with E-state index < -0.39 is 0 Å². The van der Waals surface area contributed by atoms with Gasteiger partial charge in [0, 0.05) is 24.7 Å². The fourth-order valence-corrected chi connectivity index (χ4v) is 4.43. The van der Waals surface area contributed by atoms with Crippen LogP contribution in [0.15, 0.2) is 29.4 Å². The van der Waals surface area contributed by atoms with Crippen molar-refractivity contribution in [2.45, 2.75) is 57.0 Å². The second-order valence-corrected chi connectivity index (χ2v) is 9.48. The van der Waals surface area contributed by atoms with E-state index in [-0.39, 0.29) is 17.6 Å². The van der Waals surface area contributed by atoms with Gasteiger partial charge in [0.1, 0.15) is 5.01 Å². The molecule has 0 bridgehead atoms. The van der Waals surface area contributed by atoms with Crippen molar-refractivity contribution in [2.75, 3.05) is 16.4 Å². The molecule has 3 aromatic rings. The zero-order chi connectivity index (χ0) is 23.5. The molecule has 0 atom stereocenters. The van der Waals surface area contributed by atoms with Gasteiger partial charge in [0.25, 0.3) is 5.91 Å². The lowest BCUT2D eigenvalue weighted by Gasteiger charge is -2.06. The summed E-state index contributed by atoms with van der Waals surface area (Å²) in [4.78, 5) is 24.6. The van der Waals surface area contributed by atoms with Crippen molar-refractivity contribution in [2.24, 2.45) is 7.05 Å². The van der Waals surface area contributed by atoms with Gasteiger partial charge < -0.3 is 5.32 Å². The Morgan fingerprint density at radius 1 is 1.00 bits per heavy atom. The first-order chi connectivity index (χ1) is 16.0. The van der Waals surface area contributed by atoms with Gasteiger partial charge in [0.15, 0.2) is 0 Å². The van der Waals surface area contributed by atoms with E-state index in [0.717, 1.165) is 17.8 Å². The van der Waals surface area contributed by atoms with E-state index in [0.29, 0.717) is 21.5 Å². The van der Waals surface area contributed by atoms with E-state index in [9.17, 15) is 9.59 Å². The molecule has 0 fully saturated rings. The average molecular weight is 489 g/mol. The lowest BCUT2D eigenvalue weighted by molar-refractivity contribution is -0.113. The first kappa shape index (κ1) is 24.8. The fourth-order valence-electron chi connectivity index (χ4n) is 3.01. The second kappa shape index (κ2) is 13.0. The third-order valence-corrected chi connectivity index (χ3v) is 6.69. The minimum Gasteiger partial charge on any atom is -0.325 e. The maximum Gasteiger partial charge on any atom is 0.257 e. The zero-order valence-corrected chi connectivity index (χ0v) is 20.4. The van der Waals surface area contributed by atoms with E-state index in [2.05, 4.69) is 43.3 Å². The molecule has 1 aromatic carbocycles. The van der Waals surface area contributed by atoms with Crippen molar-refractivity contribution in [3.63, 3.8) is 0 Å². The van der Waals surface area contributed by atoms with Crippen molar-refractivity contribution in [1.82, 2.24) is 30.4 Å². The summed E-state index contributed by atoms with van der Waals surface area (Å²) in [5.74, 6) is -0.276. The van der Waals surface area contributed by atoms with Crippen molar-refractivity contribution >= 4 is 45.7 Å². The number of rotatable bonds is 13. The Hall–Kier alpha value is -2.86. The number of hydrogen-bond acceptors (Lipinski definition) is 9. The maximum atomic E-state index is 12.5. The summed E-state index contributed by atoms with van der Waals surface area (Å²) in [5, 5.41) is 26.9. The monoisotopic (exact) mass is 488 g/mol. The summed E-state index contributed by atoms with van der Waals surface area (Å²) in [6.45, 7) is 2.21. The van der Waals surface area contributed by atoms with Crippen LogP contribution < -0.4 is 10.6 Å². The molecule has 3 rings (SSSR count). The number of carbonyl (C=O) groups is 2. The third-order valence-electron chi connectivity index (χ3n) is 4.78. The van der Waals surface area contributed by atoms with Crippen LogP contribution >= 0.6 is 23.1 Å². The predicted molar refractivity (Wildman–Crippen MR) is 130 cm³/mol. The number of anilines is 2. The van der Waals surface area contributed by atoms with E-state index in [1.807, 2.05) is 0 Å². The van der Waals surface area contributed by atoms with Crippen LogP contribution in [0.5, 0.6) is 0 Å². The molecule has 2 amide bonds. The predicted octanol–water partition coefficient (Wildman–Crippen LogP) is 3.95. The number of thioether (sulfide) groups is 1. The fraction of sp³-hybridized carbons (Fsp3) is 0.476. The van der Waals surface area contributed by atoms with Gasteiger partial charge in [-0.1, -0.05) is 62.1 Å². The summed E-state index contributed by atoms with van der Waals surface area (Å²) < 4.78 is 1.50. The molecule has 0 aliphatic rings. The van der Waals surface area contributed by atoms with Crippen LogP contribution in [0.4, 0.5) is 10.8 Å². The lowest BCUT2D eigenvalue weighted by atomic mass is 10.1. The minimum atomic E-state index is -0.263. The number of unbranched alkanes of at least 4 members (excludes halogenated alkanes) is 5. The van der Waals surface area contributed by atoms with Gasteiger partial charge >= 0.3 is 0 Å². The standard InChI is InChI=1S/C21H28N8O2S2/c1-3-4-5-6-7-8-9-18-24-25-20(33-18)23-19(31)15-10-12-16(13-11-15)22-17(30)14-32-21-26-27-28-29(21)2/h10-13H,3-9,14H2,1-2H3,(H,22,30)(H,23,25,31). The van der Waals surface area contributed by atoms with E-state index in [4.69, 9.17) is 0 Å². The highest BCUT2D eigenvalue weighted by Gasteiger charge is 2.12. The van der Waals surface area contributed by atoms with Crippen molar-refractivity contribution in [1.29, 1.82) is 0 Å². The molecule has 0 radical (unpaired) electrons. The van der Waals surface area contributed by atoms with Crippen LogP contribution in [0, 0.1) is 0 Å². The summed E-state index contributed by atoms with van der Waals surface area (Å²) in [6, 6.07) is 6.68. The Balaban J connectivity index is 1.41. The Bertz CT molecular complexity index is 1040. The molecular weight excluding hydrogens is 460 g/mol. The lowest BCUT2D eigenvalue weighted by Crippen LogP contribution is -2.15. The minimum absolute atomic E-state index is 0.175. The maximum absolute atomic E-state index is 12.5. The highest BCUT2D eigenvalue weighted by molar-refractivity contribution is 7.99. The Kier molecular flexibility index (Phi) is 9.76. The number of aryl methyl sites for hydroxylation is 2. The Morgan fingerprint density at radius 3 is 2.48 bits per heavy atom. The highest BCUT2D eigenvalue weighted by Crippen LogP contribution is 2.20. The van der Waals surface area contributed by atoms with Crippen LogP contribution in [0.25, 0.3) is 0 Å². The molecule has 33 heavy (non-hydrogen) atoms.